The third kappa shape index (κ3) is 3.06. The van der Waals surface area contributed by atoms with E-state index in [0.717, 1.165) is 22.4 Å². The fraction of sp³-hybridized carbons (Fsp3) is 0. The number of carboxylic acid groups (broad SMARTS) is 1. The van der Waals surface area contributed by atoms with Crippen molar-refractivity contribution in [1.82, 2.24) is 4.98 Å². The number of anilines is 1. The molecule has 0 aliphatic rings. The number of hydrogen-bond acceptors (Lipinski definition) is 4. The summed E-state index contributed by atoms with van der Waals surface area (Å²) < 4.78 is 0.847. The summed E-state index contributed by atoms with van der Waals surface area (Å²) in [7, 11) is 0. The van der Waals surface area contributed by atoms with Gasteiger partial charge in [0.05, 0.1) is 10.2 Å². The van der Waals surface area contributed by atoms with Crippen LogP contribution in [0.25, 0.3) is 10.2 Å². The van der Waals surface area contributed by atoms with Gasteiger partial charge in [0.2, 0.25) is 5.91 Å². The van der Waals surface area contributed by atoms with Crippen molar-refractivity contribution in [3.63, 3.8) is 0 Å². The Balaban J connectivity index is 2.17. The molecule has 0 bridgehead atoms. The van der Waals surface area contributed by atoms with Gasteiger partial charge in [-0.1, -0.05) is 22.9 Å². The maximum absolute atomic E-state index is 11.3. The molecule has 1 heterocycles. The third-order valence-electron chi connectivity index (χ3n) is 1.96. The van der Waals surface area contributed by atoms with Gasteiger partial charge in [-0.25, -0.2) is 9.78 Å². The first-order chi connectivity index (χ1) is 8.54. The summed E-state index contributed by atoms with van der Waals surface area (Å²) >= 11 is 7.10. The molecule has 1 aromatic heterocycles. The number of nitrogens with one attached hydrogen (secondary N) is 1. The van der Waals surface area contributed by atoms with Gasteiger partial charge >= 0.3 is 5.97 Å². The average molecular weight is 283 g/mol. The molecule has 18 heavy (non-hydrogen) atoms. The number of nitrogens with zero attached hydrogens (tertiary/aromatic N) is 1. The topological polar surface area (TPSA) is 79.3 Å². The molecule has 0 spiro atoms. The molecule has 7 heteroatoms. The van der Waals surface area contributed by atoms with Gasteiger partial charge in [-0.3, -0.25) is 10.1 Å². The van der Waals surface area contributed by atoms with Crippen molar-refractivity contribution in [1.29, 1.82) is 0 Å². The van der Waals surface area contributed by atoms with Crippen LogP contribution in [0.3, 0.4) is 0 Å². The summed E-state index contributed by atoms with van der Waals surface area (Å²) in [4.78, 5) is 25.7. The first-order valence-corrected chi connectivity index (χ1v) is 6.02. The highest BCUT2D eigenvalue weighted by Gasteiger charge is 2.06. The Morgan fingerprint density at radius 1 is 1.39 bits per heavy atom. The number of carbonyl (C=O) groups is 2. The monoisotopic (exact) mass is 282 g/mol. The first kappa shape index (κ1) is 12.5. The minimum Gasteiger partial charge on any atom is -0.478 e. The second kappa shape index (κ2) is 5.16. The molecule has 0 unspecified atom stereocenters. The largest absolute Gasteiger partial charge is 0.478 e. The van der Waals surface area contributed by atoms with E-state index in [4.69, 9.17) is 16.7 Å². The number of thiazole rings is 1. The lowest BCUT2D eigenvalue weighted by molar-refractivity contribution is -0.131. The highest BCUT2D eigenvalue weighted by atomic mass is 35.5. The molecule has 0 saturated carbocycles. The van der Waals surface area contributed by atoms with Gasteiger partial charge in [-0.2, -0.15) is 0 Å². The predicted octanol–water partition coefficient (Wildman–Crippen LogP) is 2.53. The van der Waals surface area contributed by atoms with Gasteiger partial charge < -0.3 is 5.11 Å². The Morgan fingerprint density at radius 3 is 2.89 bits per heavy atom. The quantitative estimate of drug-likeness (QED) is 0.848. The summed E-state index contributed by atoms with van der Waals surface area (Å²) in [5.74, 6) is -1.72. The van der Waals surface area contributed by atoms with Crippen molar-refractivity contribution in [2.24, 2.45) is 0 Å². The SMILES string of the molecule is O=C(O)/C=C/C(=O)Nc1nc2ccc(Cl)cc2s1. The van der Waals surface area contributed by atoms with Crippen molar-refractivity contribution in [3.8, 4) is 0 Å². The summed E-state index contributed by atoms with van der Waals surface area (Å²) in [6, 6.07) is 5.20. The summed E-state index contributed by atoms with van der Waals surface area (Å²) in [6.07, 6.45) is 1.70. The van der Waals surface area contributed by atoms with E-state index >= 15 is 0 Å². The zero-order valence-corrected chi connectivity index (χ0v) is 10.5. The Morgan fingerprint density at radius 2 is 2.17 bits per heavy atom. The molecule has 1 aromatic carbocycles. The van der Waals surface area contributed by atoms with Crippen LogP contribution in [-0.2, 0) is 9.59 Å². The molecule has 0 saturated heterocycles. The lowest BCUT2D eigenvalue weighted by atomic mass is 10.3. The maximum atomic E-state index is 11.3. The van der Waals surface area contributed by atoms with Gasteiger partial charge in [0.15, 0.2) is 5.13 Å². The second-order valence-electron chi connectivity index (χ2n) is 3.29. The van der Waals surface area contributed by atoms with Crippen LogP contribution in [0.15, 0.2) is 30.4 Å². The smallest absolute Gasteiger partial charge is 0.328 e. The number of hydrogen-bond donors (Lipinski definition) is 2. The van der Waals surface area contributed by atoms with Crippen molar-refractivity contribution in [2.75, 3.05) is 5.32 Å². The number of carboxylic acids is 1. The van der Waals surface area contributed by atoms with E-state index < -0.39 is 11.9 Å². The summed E-state index contributed by atoms with van der Waals surface area (Å²) in [6.45, 7) is 0. The second-order valence-corrected chi connectivity index (χ2v) is 4.76. The molecule has 92 valence electrons. The number of carbonyl (C=O) groups excluding carboxylic acids is 1. The van der Waals surface area contributed by atoms with Crippen LogP contribution in [-0.4, -0.2) is 22.0 Å². The zero-order valence-electron chi connectivity index (χ0n) is 8.88. The van der Waals surface area contributed by atoms with Crippen molar-refractivity contribution >= 4 is 50.2 Å². The van der Waals surface area contributed by atoms with Crippen LogP contribution in [0.5, 0.6) is 0 Å². The standard InChI is InChI=1S/C11H7ClN2O3S/c12-6-1-2-7-8(5-6)18-11(13-7)14-9(15)3-4-10(16)17/h1-5H,(H,16,17)(H,13,14,15)/b4-3+. The van der Waals surface area contributed by atoms with E-state index in [0.29, 0.717) is 10.2 Å². The summed E-state index contributed by atoms with van der Waals surface area (Å²) in [5, 5.41) is 11.8. The minimum absolute atomic E-state index is 0.396. The van der Waals surface area contributed by atoms with E-state index in [1.54, 1.807) is 18.2 Å². The number of amides is 1. The number of fused-ring (bicyclic) bond motifs is 1. The molecule has 2 N–H and O–H groups in total. The molecule has 2 rings (SSSR count). The number of aliphatic carboxylic acids is 1. The Bertz CT molecular complexity index is 651. The Kier molecular flexibility index (Phi) is 3.59. The number of rotatable bonds is 3. The van der Waals surface area contributed by atoms with Gasteiger partial charge in [0.25, 0.3) is 0 Å². The molecule has 0 radical (unpaired) electrons. The molecular formula is C11H7ClN2O3S. The highest BCUT2D eigenvalue weighted by Crippen LogP contribution is 2.28. The van der Waals surface area contributed by atoms with Crippen LogP contribution in [0.4, 0.5) is 5.13 Å². The highest BCUT2D eigenvalue weighted by molar-refractivity contribution is 7.22. The molecule has 1 amide bonds. The zero-order chi connectivity index (χ0) is 13.1. The van der Waals surface area contributed by atoms with E-state index in [1.807, 2.05) is 0 Å². The van der Waals surface area contributed by atoms with Gasteiger partial charge in [0, 0.05) is 17.2 Å². The first-order valence-electron chi connectivity index (χ1n) is 4.83. The lowest BCUT2D eigenvalue weighted by Crippen LogP contribution is -2.08. The van der Waals surface area contributed by atoms with Gasteiger partial charge in [0.1, 0.15) is 0 Å². The molecule has 0 atom stereocenters. The molecule has 5 nitrogen and oxygen atoms in total. The lowest BCUT2D eigenvalue weighted by Gasteiger charge is -1.93. The van der Waals surface area contributed by atoms with E-state index in [1.165, 1.54) is 11.3 Å². The molecular weight excluding hydrogens is 276 g/mol. The Labute approximate surface area is 111 Å². The average Bonchev–Trinajstić information content (AvgIpc) is 2.67. The molecule has 0 aliphatic heterocycles. The fourth-order valence-corrected chi connectivity index (χ4v) is 2.39. The number of halogens is 1. The maximum Gasteiger partial charge on any atom is 0.328 e. The fourth-order valence-electron chi connectivity index (χ4n) is 1.25. The van der Waals surface area contributed by atoms with Crippen molar-refractivity contribution < 1.29 is 14.7 Å². The number of aromatic nitrogens is 1. The molecule has 0 fully saturated rings. The van der Waals surface area contributed by atoms with Crippen LogP contribution < -0.4 is 5.32 Å². The van der Waals surface area contributed by atoms with E-state index in [-0.39, 0.29) is 0 Å². The summed E-state index contributed by atoms with van der Waals surface area (Å²) in [5.41, 5.74) is 0.724. The van der Waals surface area contributed by atoms with Crippen molar-refractivity contribution in [2.45, 2.75) is 0 Å². The molecule has 2 aromatic rings. The van der Waals surface area contributed by atoms with E-state index in [9.17, 15) is 9.59 Å². The normalized spacial score (nSPS) is 10.9. The number of benzene rings is 1. The van der Waals surface area contributed by atoms with Crippen LogP contribution in [0, 0.1) is 0 Å². The van der Waals surface area contributed by atoms with Gasteiger partial charge in [-0.05, 0) is 18.2 Å². The third-order valence-corrected chi connectivity index (χ3v) is 3.13. The molecule has 0 aliphatic carbocycles. The van der Waals surface area contributed by atoms with Crippen LogP contribution >= 0.6 is 22.9 Å². The van der Waals surface area contributed by atoms with Crippen LogP contribution in [0.2, 0.25) is 5.02 Å². The van der Waals surface area contributed by atoms with Crippen molar-refractivity contribution in [3.05, 3.63) is 35.4 Å². The predicted molar refractivity (Wildman–Crippen MR) is 70.0 cm³/mol. The minimum atomic E-state index is -1.18. The Hall–Kier alpha value is -1.92. The van der Waals surface area contributed by atoms with Crippen LogP contribution in [0.1, 0.15) is 0 Å². The van der Waals surface area contributed by atoms with E-state index in [2.05, 4.69) is 10.3 Å². The van der Waals surface area contributed by atoms with Gasteiger partial charge in [-0.15, -0.1) is 0 Å².